The Morgan fingerprint density at radius 1 is 0.537 bits per heavy atom. The van der Waals surface area contributed by atoms with Gasteiger partial charge in [0.05, 0.1) is 41.3 Å². The highest BCUT2D eigenvalue weighted by atomic mass is 15.4. The molecule has 1 aliphatic heterocycles. The lowest BCUT2D eigenvalue weighted by molar-refractivity contribution is 0.203. The Balaban J connectivity index is 1.07. The molecule has 2 aliphatic rings. The number of allylic oxidation sites excluding steroid dienone is 1. The van der Waals surface area contributed by atoms with Crippen molar-refractivity contribution >= 4 is 38.5 Å². The number of nitriles is 1. The van der Waals surface area contributed by atoms with Crippen molar-refractivity contribution in [1.82, 2.24) is 20.9 Å². The lowest BCUT2D eigenvalue weighted by atomic mass is 9.84. The van der Waals surface area contributed by atoms with Crippen LogP contribution < -0.4 is 16.0 Å². The lowest BCUT2D eigenvalue weighted by Gasteiger charge is -2.39. The minimum absolute atomic E-state index is 0.0215. The molecule has 0 saturated carbocycles. The third kappa shape index (κ3) is 5.65. The summed E-state index contributed by atoms with van der Waals surface area (Å²) in [5.74, 6) is 0. The van der Waals surface area contributed by atoms with Crippen LogP contribution in [0.15, 0.2) is 158 Å². The lowest BCUT2D eigenvalue weighted by Crippen LogP contribution is -2.54. The van der Waals surface area contributed by atoms with Gasteiger partial charge in [-0.1, -0.05) is 146 Å². The Morgan fingerprint density at radius 2 is 1.11 bits per heavy atom. The number of nitrogens with one attached hydrogen (secondary N) is 3. The van der Waals surface area contributed by atoms with Gasteiger partial charge >= 0.3 is 0 Å². The van der Waals surface area contributed by atoms with Crippen molar-refractivity contribution in [2.75, 3.05) is 0 Å². The van der Waals surface area contributed by atoms with Gasteiger partial charge in [0.25, 0.3) is 0 Å². The average Bonchev–Trinajstić information content (AvgIpc) is 3.26. The van der Waals surface area contributed by atoms with Crippen molar-refractivity contribution in [3.63, 3.8) is 0 Å². The van der Waals surface area contributed by atoms with E-state index in [2.05, 4.69) is 162 Å². The molecular formula is C49H37N5. The van der Waals surface area contributed by atoms with Gasteiger partial charge < -0.3 is 0 Å². The molecule has 7 aromatic carbocycles. The first kappa shape index (κ1) is 32.2. The first-order valence-electron chi connectivity index (χ1n) is 18.7. The number of aromatic nitrogens is 1. The van der Waals surface area contributed by atoms with Crippen molar-refractivity contribution in [1.29, 1.82) is 5.26 Å². The van der Waals surface area contributed by atoms with E-state index in [4.69, 9.17) is 4.98 Å². The second-order valence-electron chi connectivity index (χ2n) is 14.3. The Hall–Kier alpha value is -6.42. The highest BCUT2D eigenvalue weighted by molar-refractivity contribution is 6.25. The molecule has 2 unspecified atom stereocenters. The highest BCUT2D eigenvalue weighted by Crippen LogP contribution is 2.44. The molecule has 258 valence electrons. The maximum absolute atomic E-state index is 9.55. The minimum Gasteiger partial charge on any atom is -0.279 e. The van der Waals surface area contributed by atoms with Gasteiger partial charge in [0, 0.05) is 21.7 Å². The number of benzene rings is 7. The van der Waals surface area contributed by atoms with E-state index < -0.39 is 0 Å². The fourth-order valence-corrected chi connectivity index (χ4v) is 8.42. The minimum atomic E-state index is -0.0654. The molecule has 0 amide bonds. The van der Waals surface area contributed by atoms with Gasteiger partial charge in [0.2, 0.25) is 0 Å². The second-order valence-corrected chi connectivity index (χ2v) is 14.3. The maximum atomic E-state index is 9.55. The van der Waals surface area contributed by atoms with Crippen LogP contribution in [0.1, 0.15) is 58.3 Å². The summed E-state index contributed by atoms with van der Waals surface area (Å²) in [5.41, 5.74) is 12.1. The summed E-state index contributed by atoms with van der Waals surface area (Å²) in [5, 5.41) is 27.0. The normalized spacial score (nSPS) is 18.1. The van der Waals surface area contributed by atoms with Gasteiger partial charge in [-0.05, 0) is 80.8 Å². The Labute approximate surface area is 314 Å². The smallest absolute Gasteiger partial charge is 0.0991 e. The molecule has 0 radical (unpaired) electrons. The summed E-state index contributed by atoms with van der Waals surface area (Å²) in [6, 6.07) is 55.6. The van der Waals surface area contributed by atoms with Crippen molar-refractivity contribution in [3.05, 3.63) is 191 Å². The highest BCUT2D eigenvalue weighted by Gasteiger charge is 2.29. The first-order chi connectivity index (χ1) is 26.7. The van der Waals surface area contributed by atoms with Crippen molar-refractivity contribution in [2.45, 2.75) is 31.3 Å². The Bertz CT molecular complexity index is 2700. The first-order valence-corrected chi connectivity index (χ1v) is 18.7. The van der Waals surface area contributed by atoms with Gasteiger partial charge in [0.1, 0.15) is 0 Å². The fraction of sp³-hybridized carbons (Fsp3) is 0.102. The second kappa shape index (κ2) is 13.5. The molecule has 1 aliphatic carbocycles. The Morgan fingerprint density at radius 3 is 1.76 bits per heavy atom. The van der Waals surface area contributed by atoms with Gasteiger partial charge in [-0.2, -0.15) is 5.26 Å². The van der Waals surface area contributed by atoms with Gasteiger partial charge in [-0.15, -0.1) is 0 Å². The number of hydrogen-bond donors (Lipinski definition) is 3. The molecule has 54 heavy (non-hydrogen) atoms. The number of hydrogen-bond acceptors (Lipinski definition) is 5. The topological polar surface area (TPSA) is 72.8 Å². The summed E-state index contributed by atoms with van der Waals surface area (Å²) >= 11 is 0. The van der Waals surface area contributed by atoms with Crippen molar-refractivity contribution in [3.8, 4) is 28.5 Å². The molecule has 5 heteroatoms. The number of rotatable bonds is 5. The van der Waals surface area contributed by atoms with Crippen LogP contribution >= 0.6 is 0 Å². The molecule has 10 rings (SSSR count). The van der Waals surface area contributed by atoms with Crippen LogP contribution in [0.4, 0.5) is 0 Å². The van der Waals surface area contributed by atoms with E-state index in [-0.39, 0.29) is 18.5 Å². The quantitative estimate of drug-likeness (QED) is 0.156. The van der Waals surface area contributed by atoms with Crippen molar-refractivity contribution < 1.29 is 0 Å². The number of fused-ring (bicyclic) bond motifs is 8. The van der Waals surface area contributed by atoms with E-state index in [0.29, 0.717) is 5.56 Å². The summed E-state index contributed by atoms with van der Waals surface area (Å²) in [6.45, 7) is 0. The average molecular weight is 696 g/mol. The molecule has 2 heterocycles. The van der Waals surface area contributed by atoms with Crippen LogP contribution in [0.25, 0.3) is 60.9 Å². The van der Waals surface area contributed by atoms with Gasteiger partial charge in [-0.25, -0.2) is 4.98 Å². The van der Waals surface area contributed by atoms with Crippen molar-refractivity contribution in [2.24, 2.45) is 0 Å². The van der Waals surface area contributed by atoms with Crippen LogP contribution in [0.5, 0.6) is 0 Å². The van der Waals surface area contributed by atoms with Crippen LogP contribution in [0, 0.1) is 11.3 Å². The molecule has 1 saturated heterocycles. The van der Waals surface area contributed by atoms with Crippen LogP contribution in [0.3, 0.4) is 0 Å². The SMILES string of the molecule is N#Cc1ccc(-c2nc3cc(-c4ccc(C5NC(c6ccccc6)NC(c6ccccc6)N5)cc4)ccc3c3c4c(c5ccccc5c23)CCC=C4)cc1. The predicted molar refractivity (Wildman–Crippen MR) is 220 cm³/mol. The summed E-state index contributed by atoms with van der Waals surface area (Å²) in [6.07, 6.45) is 6.56. The summed E-state index contributed by atoms with van der Waals surface area (Å²) in [7, 11) is 0. The van der Waals surface area contributed by atoms with Gasteiger partial charge in [-0.3, -0.25) is 16.0 Å². The molecular weight excluding hydrogens is 659 g/mol. The summed E-state index contributed by atoms with van der Waals surface area (Å²) < 4.78 is 0. The molecule has 0 spiro atoms. The largest absolute Gasteiger partial charge is 0.279 e. The molecule has 2 atom stereocenters. The standard InChI is InChI=1S/C49H37N5/c50-30-31-19-21-33(22-20-31)46-45-41-18-10-8-16-39(41)38-15-7-9-17-40(38)44(45)42-28-27-37(29-43(42)51-46)32-23-25-36(26-24-32)49-53-47(34-11-3-1-4-12-34)52-48(54-49)35-13-5-2-6-14-35/h1-6,8-14,16-29,47-49,52-54H,7,15H2. The predicted octanol–water partition coefficient (Wildman–Crippen LogP) is 10.9. The molecule has 5 nitrogen and oxygen atoms in total. The maximum Gasteiger partial charge on any atom is 0.0991 e. The third-order valence-corrected chi connectivity index (χ3v) is 11.1. The van der Waals surface area contributed by atoms with E-state index in [1.807, 2.05) is 24.3 Å². The zero-order chi connectivity index (χ0) is 36.0. The van der Waals surface area contributed by atoms with Crippen LogP contribution in [-0.2, 0) is 6.42 Å². The monoisotopic (exact) mass is 695 g/mol. The third-order valence-electron chi connectivity index (χ3n) is 11.1. The zero-order valence-corrected chi connectivity index (χ0v) is 29.6. The van der Waals surface area contributed by atoms with E-state index in [0.717, 1.165) is 51.5 Å². The molecule has 1 fully saturated rings. The Kier molecular flexibility index (Phi) is 8.08. The number of pyridine rings is 1. The molecule has 1 aromatic heterocycles. The van der Waals surface area contributed by atoms with E-state index in [1.54, 1.807) is 0 Å². The van der Waals surface area contributed by atoms with Crippen LogP contribution in [-0.4, -0.2) is 4.98 Å². The number of aryl methyl sites for hydroxylation is 1. The van der Waals surface area contributed by atoms with Crippen LogP contribution in [0.2, 0.25) is 0 Å². The molecule has 8 aromatic rings. The zero-order valence-electron chi connectivity index (χ0n) is 29.6. The van der Waals surface area contributed by atoms with E-state index in [9.17, 15) is 5.26 Å². The van der Waals surface area contributed by atoms with E-state index in [1.165, 1.54) is 44.0 Å². The molecule has 0 bridgehead atoms. The van der Waals surface area contributed by atoms with E-state index >= 15 is 0 Å². The molecule has 3 N–H and O–H groups in total. The summed E-state index contributed by atoms with van der Waals surface area (Å²) in [4.78, 5) is 5.45. The van der Waals surface area contributed by atoms with Gasteiger partial charge in [0.15, 0.2) is 0 Å². The fourth-order valence-electron chi connectivity index (χ4n) is 8.42. The number of nitrogens with zero attached hydrogens (tertiary/aromatic N) is 2.